The number of alkyl halides is 2. The van der Waals surface area contributed by atoms with Gasteiger partial charge in [-0.05, 0) is 47.5 Å². The predicted molar refractivity (Wildman–Crippen MR) is 109 cm³/mol. The van der Waals surface area contributed by atoms with Crippen LogP contribution in [0.3, 0.4) is 0 Å². The average molecular weight is 399 g/mol. The summed E-state index contributed by atoms with van der Waals surface area (Å²) in [5.41, 5.74) is 2.03. The summed E-state index contributed by atoms with van der Waals surface area (Å²) in [7, 11) is 1.92. The number of nitrogens with one attached hydrogen (secondary N) is 2. The third-order valence-electron chi connectivity index (χ3n) is 4.78. The third-order valence-corrected chi connectivity index (χ3v) is 4.78. The molecule has 0 heterocycles. The van der Waals surface area contributed by atoms with E-state index in [0.717, 1.165) is 26.8 Å². The Labute approximate surface area is 169 Å². The second kappa shape index (κ2) is 9.47. The van der Waals surface area contributed by atoms with Crippen molar-refractivity contribution in [1.29, 1.82) is 0 Å². The molecule has 152 valence electrons. The molecule has 3 aromatic rings. The summed E-state index contributed by atoms with van der Waals surface area (Å²) in [4.78, 5) is 13.5. The molecule has 0 radical (unpaired) electrons. The van der Waals surface area contributed by atoms with E-state index in [1.54, 1.807) is 12.1 Å². The number of hydrogen-bond donors (Lipinski definition) is 2. The Balaban J connectivity index is 1.55. The number of benzene rings is 3. The Kier molecular flexibility index (Phi) is 6.77. The van der Waals surface area contributed by atoms with Crippen LogP contribution in [0.15, 0.2) is 66.7 Å². The molecule has 3 aromatic carbocycles. The first-order chi connectivity index (χ1) is 13.9. The van der Waals surface area contributed by atoms with Gasteiger partial charge < -0.3 is 15.0 Å². The maximum Gasteiger partial charge on any atom is 0.387 e. The Morgan fingerprint density at radius 1 is 1.03 bits per heavy atom. The van der Waals surface area contributed by atoms with Crippen LogP contribution in [-0.4, -0.2) is 26.1 Å². The van der Waals surface area contributed by atoms with Gasteiger partial charge in [0, 0.05) is 5.56 Å². The number of hydrogen-bond acceptors (Lipinski definition) is 2. The minimum Gasteiger partial charge on any atom is -0.435 e. The summed E-state index contributed by atoms with van der Waals surface area (Å²) in [5.74, 6) is 0.0867. The van der Waals surface area contributed by atoms with Gasteiger partial charge in [0.1, 0.15) is 12.3 Å². The largest absolute Gasteiger partial charge is 0.435 e. The minimum absolute atomic E-state index is 0.0411. The summed E-state index contributed by atoms with van der Waals surface area (Å²) in [6, 6.07) is 20.6. The molecule has 2 N–H and O–H groups in total. The van der Waals surface area contributed by atoms with E-state index in [1.165, 1.54) is 12.1 Å². The van der Waals surface area contributed by atoms with Crippen LogP contribution < -0.4 is 15.0 Å². The van der Waals surface area contributed by atoms with Gasteiger partial charge in [-0.2, -0.15) is 8.78 Å². The van der Waals surface area contributed by atoms with Crippen LogP contribution in [0.25, 0.3) is 10.8 Å². The number of halogens is 2. The van der Waals surface area contributed by atoms with E-state index in [2.05, 4.69) is 28.3 Å². The van der Waals surface area contributed by atoms with Crippen molar-refractivity contribution in [1.82, 2.24) is 5.32 Å². The molecule has 2 atom stereocenters. The van der Waals surface area contributed by atoms with Crippen molar-refractivity contribution >= 4 is 16.7 Å². The van der Waals surface area contributed by atoms with Crippen molar-refractivity contribution in [3.8, 4) is 5.75 Å². The number of rotatable bonds is 8. The van der Waals surface area contributed by atoms with Gasteiger partial charge in [0.15, 0.2) is 6.54 Å². The fourth-order valence-corrected chi connectivity index (χ4v) is 3.47. The lowest BCUT2D eigenvalue weighted by atomic mass is 10.00. The van der Waals surface area contributed by atoms with Crippen LogP contribution in [0, 0.1) is 0 Å². The third kappa shape index (κ3) is 5.74. The molecule has 0 saturated carbocycles. The van der Waals surface area contributed by atoms with Crippen molar-refractivity contribution in [3.63, 3.8) is 0 Å². The summed E-state index contributed by atoms with van der Waals surface area (Å²) in [6.07, 6.45) is 0. The Hall–Kier alpha value is -2.99. The molecule has 1 amide bonds. The normalized spacial score (nSPS) is 13.3. The standard InChI is InChI=1S/C23H24F2N2O2/c1-16(20-9-5-7-18-6-3-4-8-21(18)20)26-22(28)15-27(2)14-17-10-12-19(13-11-17)29-23(24)25/h3-13,16,23H,14-15H2,1-2H3,(H,26,28)/p+1/t16-/m1/s1. The molecule has 29 heavy (non-hydrogen) atoms. The van der Waals surface area contributed by atoms with Gasteiger partial charge >= 0.3 is 6.61 Å². The number of quaternary nitrogens is 1. The van der Waals surface area contributed by atoms with Gasteiger partial charge in [0.25, 0.3) is 5.91 Å². The summed E-state index contributed by atoms with van der Waals surface area (Å²) in [6.45, 7) is 0.0631. The zero-order valence-corrected chi connectivity index (χ0v) is 16.5. The zero-order valence-electron chi connectivity index (χ0n) is 16.5. The number of fused-ring (bicyclic) bond motifs is 1. The van der Waals surface area contributed by atoms with Crippen LogP contribution in [0.5, 0.6) is 5.75 Å². The van der Waals surface area contributed by atoms with Crippen molar-refractivity contribution in [2.24, 2.45) is 0 Å². The average Bonchev–Trinajstić information content (AvgIpc) is 2.68. The smallest absolute Gasteiger partial charge is 0.387 e. The first-order valence-corrected chi connectivity index (χ1v) is 9.54. The first-order valence-electron chi connectivity index (χ1n) is 9.54. The van der Waals surface area contributed by atoms with Crippen LogP contribution in [0.2, 0.25) is 0 Å². The molecule has 0 aromatic heterocycles. The van der Waals surface area contributed by atoms with E-state index < -0.39 is 6.61 Å². The van der Waals surface area contributed by atoms with Crippen LogP contribution in [0.4, 0.5) is 8.78 Å². The molecule has 0 bridgehead atoms. The maximum absolute atomic E-state index is 12.5. The second-order valence-corrected chi connectivity index (χ2v) is 7.19. The number of likely N-dealkylation sites (N-methyl/N-ethyl adjacent to an activating group) is 1. The summed E-state index contributed by atoms with van der Waals surface area (Å²) >= 11 is 0. The highest BCUT2D eigenvalue weighted by Crippen LogP contribution is 2.23. The van der Waals surface area contributed by atoms with E-state index in [9.17, 15) is 13.6 Å². The van der Waals surface area contributed by atoms with Crippen LogP contribution >= 0.6 is 0 Å². The van der Waals surface area contributed by atoms with Crippen molar-refractivity contribution in [3.05, 3.63) is 77.9 Å². The number of carbonyl (C=O) groups excluding carboxylic acids is 1. The molecule has 0 fully saturated rings. The SMILES string of the molecule is C[C@@H](NC(=O)C[NH+](C)Cc1ccc(OC(F)F)cc1)c1cccc2ccccc12. The highest BCUT2D eigenvalue weighted by molar-refractivity contribution is 5.87. The molecule has 6 heteroatoms. The fourth-order valence-electron chi connectivity index (χ4n) is 3.47. The van der Waals surface area contributed by atoms with Crippen LogP contribution in [-0.2, 0) is 11.3 Å². The van der Waals surface area contributed by atoms with E-state index in [1.807, 2.05) is 38.2 Å². The van der Waals surface area contributed by atoms with E-state index >= 15 is 0 Å². The molecule has 3 rings (SSSR count). The molecule has 0 aliphatic carbocycles. The Morgan fingerprint density at radius 3 is 2.45 bits per heavy atom. The van der Waals surface area contributed by atoms with Gasteiger partial charge in [-0.15, -0.1) is 0 Å². The highest BCUT2D eigenvalue weighted by Gasteiger charge is 2.16. The molecule has 0 spiro atoms. The predicted octanol–water partition coefficient (Wildman–Crippen LogP) is 3.33. The molecule has 1 unspecified atom stereocenters. The molecule has 0 aliphatic heterocycles. The first kappa shape index (κ1) is 20.7. The maximum atomic E-state index is 12.5. The highest BCUT2D eigenvalue weighted by atomic mass is 19.3. The van der Waals surface area contributed by atoms with E-state index in [-0.39, 0.29) is 17.7 Å². The Bertz CT molecular complexity index is 955. The van der Waals surface area contributed by atoms with Crippen molar-refractivity contribution < 1.29 is 23.2 Å². The van der Waals surface area contributed by atoms with Gasteiger partial charge in [-0.25, -0.2) is 0 Å². The molecular weight excluding hydrogens is 374 g/mol. The van der Waals surface area contributed by atoms with Gasteiger partial charge in [0.2, 0.25) is 0 Å². The molecule has 0 aliphatic rings. The second-order valence-electron chi connectivity index (χ2n) is 7.19. The monoisotopic (exact) mass is 399 g/mol. The molecule has 4 nitrogen and oxygen atoms in total. The number of ether oxygens (including phenoxy) is 1. The summed E-state index contributed by atoms with van der Waals surface area (Å²) < 4.78 is 28.8. The summed E-state index contributed by atoms with van der Waals surface area (Å²) in [5, 5.41) is 5.35. The number of carbonyl (C=O) groups is 1. The minimum atomic E-state index is -2.83. The lowest BCUT2D eigenvalue weighted by Gasteiger charge is -2.19. The van der Waals surface area contributed by atoms with Crippen molar-refractivity contribution in [2.45, 2.75) is 26.1 Å². The zero-order chi connectivity index (χ0) is 20.8. The van der Waals surface area contributed by atoms with E-state index in [0.29, 0.717) is 13.1 Å². The topological polar surface area (TPSA) is 42.8 Å². The van der Waals surface area contributed by atoms with Crippen molar-refractivity contribution in [2.75, 3.05) is 13.6 Å². The Morgan fingerprint density at radius 2 is 1.72 bits per heavy atom. The van der Waals surface area contributed by atoms with Gasteiger partial charge in [-0.3, -0.25) is 4.79 Å². The quantitative estimate of drug-likeness (QED) is 0.610. The number of amides is 1. The van der Waals surface area contributed by atoms with Crippen LogP contribution in [0.1, 0.15) is 24.1 Å². The van der Waals surface area contributed by atoms with Gasteiger partial charge in [-0.1, -0.05) is 42.5 Å². The lowest BCUT2D eigenvalue weighted by Crippen LogP contribution is -3.08. The molecular formula is C23H25F2N2O2+. The van der Waals surface area contributed by atoms with Gasteiger partial charge in [0.05, 0.1) is 13.1 Å². The van der Waals surface area contributed by atoms with E-state index in [4.69, 9.17) is 0 Å². The lowest BCUT2D eigenvalue weighted by molar-refractivity contribution is -0.885. The fraction of sp³-hybridized carbons (Fsp3) is 0.261. The molecule has 0 saturated heterocycles.